The monoisotopic (exact) mass is 1140 g/mol. The maximum atomic E-state index is 12.2. The predicted molar refractivity (Wildman–Crippen MR) is 309 cm³/mol. The summed E-state index contributed by atoms with van der Waals surface area (Å²) in [6, 6.07) is 25.8. The molecule has 2 aliphatic carbocycles. The highest BCUT2D eigenvalue weighted by molar-refractivity contribution is 6.39. The average molecular weight is 1150 g/mol. The highest BCUT2D eigenvalue weighted by Gasteiger charge is 2.44. The zero-order valence-corrected chi connectivity index (χ0v) is 47.3. The van der Waals surface area contributed by atoms with E-state index in [1.807, 2.05) is 66.0 Å². The van der Waals surface area contributed by atoms with E-state index in [1.54, 1.807) is 18.2 Å². The Balaban J connectivity index is 0.000000131. The van der Waals surface area contributed by atoms with Crippen molar-refractivity contribution < 1.29 is 32.9 Å². The molecule has 4 bridgehead atoms. The van der Waals surface area contributed by atoms with Crippen LogP contribution in [0.25, 0.3) is 44.3 Å². The fourth-order valence-corrected chi connectivity index (χ4v) is 13.6. The van der Waals surface area contributed by atoms with E-state index in [1.165, 1.54) is 32.0 Å². The van der Waals surface area contributed by atoms with Crippen LogP contribution in [0.2, 0.25) is 20.1 Å². The van der Waals surface area contributed by atoms with Crippen LogP contribution < -0.4 is 15.1 Å². The van der Waals surface area contributed by atoms with Crippen LogP contribution in [0.1, 0.15) is 93.7 Å². The van der Waals surface area contributed by atoms with Gasteiger partial charge in [0.25, 0.3) is 0 Å². The maximum Gasteiger partial charge on any atom is 0.340 e. The summed E-state index contributed by atoms with van der Waals surface area (Å²) in [5.41, 5.74) is 10.6. The highest BCUT2D eigenvalue weighted by Crippen LogP contribution is 2.48. The van der Waals surface area contributed by atoms with E-state index in [0.717, 1.165) is 133 Å². The van der Waals surface area contributed by atoms with Gasteiger partial charge in [0.2, 0.25) is 0 Å². The number of aldehydes is 1. The zero-order valence-electron chi connectivity index (χ0n) is 44.3. The molecule has 19 heteroatoms. The van der Waals surface area contributed by atoms with E-state index in [9.17, 15) is 14.4 Å². The second-order valence-corrected chi connectivity index (χ2v) is 23.3. The Morgan fingerprint density at radius 2 is 1.16 bits per heavy atom. The van der Waals surface area contributed by atoms with Gasteiger partial charge in [-0.15, -0.1) is 0 Å². The van der Waals surface area contributed by atoms with Gasteiger partial charge in [-0.25, -0.2) is 9.59 Å². The first-order valence-corrected chi connectivity index (χ1v) is 28.5. The zero-order chi connectivity index (χ0) is 54.8. The van der Waals surface area contributed by atoms with Crippen LogP contribution in [0, 0.1) is 0 Å². The van der Waals surface area contributed by atoms with Crippen LogP contribution in [0.15, 0.2) is 94.2 Å². The molecule has 15 nitrogen and oxygen atoms in total. The standard InChI is InChI=1S/C30H30Cl2N4O3.C16H19N3O2.C14H11Cl2NO2/c1-34-16-23(30(37)38-2)21-9-8-18(13-26(21)34)36-15-19-12-20(36)14-35(19)11-10-22-28(33-39-29(22)17-6-7-17)27-24(31)4-3-5-25(27)32;1-18-9-14(16(20)21-2)13-4-3-11(6-15(13)18)19-8-10-5-12(19)7-17-10;15-10-2-1-3-11(16)12(10)13-9(6-7-18)14(19-17-13)8-4-5-8/h3-5,8-9,13,16-17,19-20H,6-7,10-12,14-15H2,1-2H3;3-4,6,9-10,12,17H,5,7-8H2,1-2H3;1-3,7-8H,4-6H2/t19-,20-;10-,12-;/m11./s1. The number of aryl methyl sites for hydroxylation is 2. The first kappa shape index (κ1) is 53.3. The average Bonchev–Trinajstić information content (AvgIpc) is 4.02. The molecule has 0 amide bonds. The van der Waals surface area contributed by atoms with Crippen LogP contribution >= 0.6 is 46.4 Å². The number of likely N-dealkylation sites (tertiary alicyclic amines) is 1. The molecule has 1 N–H and O–H groups in total. The Morgan fingerprint density at radius 1 is 0.658 bits per heavy atom. The van der Waals surface area contributed by atoms with Gasteiger partial charge in [0, 0.05) is 146 Å². The van der Waals surface area contributed by atoms with Crippen molar-refractivity contribution in [1.29, 1.82) is 0 Å². The van der Waals surface area contributed by atoms with Crippen LogP contribution in [-0.2, 0) is 41.2 Å². The summed E-state index contributed by atoms with van der Waals surface area (Å²) < 4.78 is 25.1. The number of methoxy groups -OCH3 is 2. The van der Waals surface area contributed by atoms with Gasteiger partial charge in [0.05, 0.1) is 56.5 Å². The summed E-state index contributed by atoms with van der Waals surface area (Å²) in [6.45, 7) is 5.11. The summed E-state index contributed by atoms with van der Waals surface area (Å²) >= 11 is 25.5. The fraction of sp³-hybridized carbons (Fsp3) is 0.383. The molecule has 79 heavy (non-hydrogen) atoms. The fourth-order valence-electron chi connectivity index (χ4n) is 12.5. The largest absolute Gasteiger partial charge is 0.465 e. The minimum atomic E-state index is -0.304. The van der Waals surface area contributed by atoms with E-state index in [0.29, 0.717) is 78.5 Å². The lowest BCUT2D eigenvalue weighted by Crippen LogP contribution is -2.47. The molecule has 4 atom stereocenters. The smallest absolute Gasteiger partial charge is 0.340 e. The van der Waals surface area contributed by atoms with Gasteiger partial charge in [0.15, 0.2) is 0 Å². The SMILES string of the molecule is COC(=O)c1cn(C)c2cc(N3C[C@H]4C[C@@H]3CN4)ccc12.COC(=O)c1cn(C)c2cc(N3C[C@H]4C[C@@H]3CN4CCc3c(-c4c(Cl)cccc4Cl)noc3C3CC3)ccc12.O=CCc1c(-c2c(Cl)cccc2Cl)noc1C1CC1. The van der Waals surface area contributed by atoms with Crippen molar-refractivity contribution in [2.24, 2.45) is 14.1 Å². The number of nitrogens with one attached hydrogen (secondary N) is 1. The van der Waals surface area contributed by atoms with Crippen molar-refractivity contribution in [1.82, 2.24) is 29.7 Å². The topological polar surface area (TPSA) is 153 Å². The van der Waals surface area contributed by atoms with Gasteiger partial charge in [-0.3, -0.25) is 4.90 Å². The number of hydrogen-bond donors (Lipinski definition) is 1. The summed E-state index contributed by atoms with van der Waals surface area (Å²) in [7, 11) is 6.78. The summed E-state index contributed by atoms with van der Waals surface area (Å²) in [4.78, 5) is 42.5. The van der Waals surface area contributed by atoms with E-state index in [2.05, 4.69) is 54.6 Å². The van der Waals surface area contributed by atoms with E-state index < -0.39 is 0 Å². The predicted octanol–water partition coefficient (Wildman–Crippen LogP) is 12.1. The third kappa shape index (κ3) is 10.2. The number of ether oxygens (including phenoxy) is 2. The van der Waals surface area contributed by atoms with Crippen LogP contribution in [0.5, 0.6) is 0 Å². The molecule has 2 saturated carbocycles. The summed E-state index contributed by atoms with van der Waals surface area (Å²) in [6.07, 6.45) is 12.5. The highest BCUT2D eigenvalue weighted by atomic mass is 35.5. The second-order valence-electron chi connectivity index (χ2n) is 21.6. The molecule has 410 valence electrons. The first-order valence-electron chi connectivity index (χ1n) is 27.0. The molecule has 4 aliphatic heterocycles. The molecule has 6 aliphatic rings. The van der Waals surface area contributed by atoms with Gasteiger partial charge in [-0.1, -0.05) is 68.8 Å². The Hall–Kier alpha value is -6.33. The van der Waals surface area contributed by atoms with Gasteiger partial charge in [-0.2, -0.15) is 0 Å². The molecule has 14 rings (SSSR count). The second kappa shape index (κ2) is 22.0. The molecule has 4 aromatic carbocycles. The number of anilines is 2. The number of aromatic nitrogens is 4. The Labute approximate surface area is 477 Å². The number of benzene rings is 4. The van der Waals surface area contributed by atoms with Crippen LogP contribution in [-0.4, -0.2) is 114 Å². The van der Waals surface area contributed by atoms with Crippen LogP contribution in [0.3, 0.4) is 0 Å². The van der Waals surface area contributed by atoms with E-state index in [-0.39, 0.29) is 18.4 Å². The number of esters is 2. The van der Waals surface area contributed by atoms with Gasteiger partial charge in [0.1, 0.15) is 29.2 Å². The normalized spacial score (nSPS) is 20.2. The molecule has 0 unspecified atom stereocenters. The number of carbonyl (C=O) groups excluding carboxylic acids is 3. The van der Waals surface area contributed by atoms with Crippen molar-refractivity contribution in [2.45, 2.75) is 87.4 Å². The lowest BCUT2D eigenvalue weighted by Gasteiger charge is -2.35. The van der Waals surface area contributed by atoms with Gasteiger partial charge in [-0.05, 0) is 106 Å². The first-order chi connectivity index (χ1) is 38.3. The van der Waals surface area contributed by atoms with Crippen molar-refractivity contribution >= 4 is 97.8 Å². The van der Waals surface area contributed by atoms with Gasteiger partial charge >= 0.3 is 11.9 Å². The van der Waals surface area contributed by atoms with Crippen molar-refractivity contribution in [2.75, 3.05) is 56.7 Å². The molecule has 4 aromatic heterocycles. The third-order valence-electron chi connectivity index (χ3n) is 16.7. The summed E-state index contributed by atoms with van der Waals surface area (Å²) in [5.74, 6) is 2.07. The number of nitrogens with zero attached hydrogens (tertiary/aromatic N) is 7. The molecular formula is C60H60Cl4N8O7. The van der Waals surface area contributed by atoms with E-state index >= 15 is 0 Å². The van der Waals surface area contributed by atoms with Gasteiger partial charge < -0.3 is 47.6 Å². The van der Waals surface area contributed by atoms with E-state index in [4.69, 9.17) is 64.9 Å². The Morgan fingerprint density at radius 3 is 1.61 bits per heavy atom. The maximum absolute atomic E-state index is 12.2. The quantitative estimate of drug-likeness (QED) is 0.0861. The van der Waals surface area contributed by atoms with Crippen molar-refractivity contribution in [3.63, 3.8) is 0 Å². The van der Waals surface area contributed by atoms with Crippen molar-refractivity contribution in [3.8, 4) is 22.5 Å². The van der Waals surface area contributed by atoms with Crippen molar-refractivity contribution in [3.05, 3.63) is 139 Å². The number of piperazine rings is 2. The molecule has 4 saturated heterocycles. The minimum absolute atomic E-state index is 0.270. The molecule has 6 fully saturated rings. The molecule has 0 spiro atoms. The molecule has 8 aromatic rings. The molecular weight excluding hydrogens is 1090 g/mol. The number of fused-ring (bicyclic) bond motifs is 6. The Kier molecular flexibility index (Phi) is 14.8. The molecule has 0 radical (unpaired) electrons. The number of halogens is 4. The lowest BCUT2D eigenvalue weighted by atomic mass is 10.0. The third-order valence-corrected chi connectivity index (χ3v) is 18.0. The summed E-state index contributed by atoms with van der Waals surface area (Å²) in [5, 5.41) is 16.2. The van der Waals surface area contributed by atoms with Crippen LogP contribution in [0.4, 0.5) is 11.4 Å². The Bertz CT molecular complexity index is 3610. The lowest BCUT2D eigenvalue weighted by molar-refractivity contribution is -0.107. The molecule has 8 heterocycles. The number of carbonyl (C=O) groups is 3. The number of rotatable bonds is 13. The number of hydrogen-bond acceptors (Lipinski definition) is 13. The minimum Gasteiger partial charge on any atom is -0.465 e.